The zero-order valence-corrected chi connectivity index (χ0v) is 20.5. The van der Waals surface area contributed by atoms with Gasteiger partial charge in [-0.05, 0) is 43.2 Å². The lowest BCUT2D eigenvalue weighted by molar-refractivity contribution is -0.536. The number of halogens is 1. The number of nitro groups is 1. The number of amides is 1. The number of ether oxygens (including phenoxy) is 2. The zero-order chi connectivity index (χ0) is 23.6. The molecule has 0 radical (unpaired) electrons. The summed E-state index contributed by atoms with van der Waals surface area (Å²) in [5, 5.41) is 12.5. The van der Waals surface area contributed by atoms with E-state index in [2.05, 4.69) is 15.9 Å². The molecule has 1 amide bonds. The van der Waals surface area contributed by atoms with Gasteiger partial charge in [-0.3, -0.25) is 14.9 Å². The molecule has 2 aliphatic rings. The molecule has 2 heterocycles. The molecule has 32 heavy (non-hydrogen) atoms. The highest BCUT2D eigenvalue weighted by atomic mass is 79.9. The SMILES string of the molecule is CCOC(=O)[C@@H]1[C@@H](C(C)(C)C)[C@H]([N+](=O)[O-])[C@H](c2ccccc2Br)N1C(=O)[C@@H]1CCCCO1. The number of carbonyl (C=O) groups excluding carboxylic acids is 2. The van der Waals surface area contributed by atoms with Gasteiger partial charge in [0, 0.05) is 16.0 Å². The quantitative estimate of drug-likeness (QED) is 0.335. The largest absolute Gasteiger partial charge is 0.464 e. The summed E-state index contributed by atoms with van der Waals surface area (Å²) >= 11 is 3.51. The fourth-order valence-electron chi connectivity index (χ4n) is 5.04. The van der Waals surface area contributed by atoms with Crippen LogP contribution in [0.2, 0.25) is 0 Å². The molecule has 0 spiro atoms. The van der Waals surface area contributed by atoms with Crippen LogP contribution in [0.15, 0.2) is 28.7 Å². The number of nitrogens with zero attached hydrogens (tertiary/aromatic N) is 2. The Morgan fingerprint density at radius 2 is 1.97 bits per heavy atom. The van der Waals surface area contributed by atoms with Crippen molar-refractivity contribution >= 4 is 27.8 Å². The van der Waals surface area contributed by atoms with Crippen LogP contribution in [0.3, 0.4) is 0 Å². The molecule has 2 saturated heterocycles. The molecular weight excluding hydrogens is 480 g/mol. The van der Waals surface area contributed by atoms with Gasteiger partial charge in [0.05, 0.1) is 12.5 Å². The molecule has 0 bridgehead atoms. The summed E-state index contributed by atoms with van der Waals surface area (Å²) in [5.41, 5.74) is -0.0451. The molecular formula is C23H31BrN2O6. The van der Waals surface area contributed by atoms with Crippen molar-refractivity contribution < 1.29 is 24.0 Å². The summed E-state index contributed by atoms with van der Waals surface area (Å²) in [6.45, 7) is 7.85. The molecule has 8 nitrogen and oxygen atoms in total. The minimum Gasteiger partial charge on any atom is -0.464 e. The molecule has 0 N–H and O–H groups in total. The van der Waals surface area contributed by atoms with E-state index in [0.717, 1.165) is 12.8 Å². The van der Waals surface area contributed by atoms with Gasteiger partial charge in [0.25, 0.3) is 5.91 Å². The molecule has 0 aliphatic carbocycles. The Bertz CT molecular complexity index is 864. The lowest BCUT2D eigenvalue weighted by atomic mass is 9.73. The Morgan fingerprint density at radius 3 is 2.50 bits per heavy atom. The molecule has 3 rings (SSSR count). The van der Waals surface area contributed by atoms with E-state index in [4.69, 9.17) is 9.47 Å². The predicted molar refractivity (Wildman–Crippen MR) is 121 cm³/mol. The number of benzene rings is 1. The second kappa shape index (κ2) is 9.87. The summed E-state index contributed by atoms with van der Waals surface area (Å²) in [6.07, 6.45) is 1.49. The maximum Gasteiger partial charge on any atom is 0.329 e. The Hall–Kier alpha value is -2.00. The van der Waals surface area contributed by atoms with Gasteiger partial charge in [-0.15, -0.1) is 0 Å². The third kappa shape index (κ3) is 4.69. The first-order chi connectivity index (χ1) is 15.1. The van der Waals surface area contributed by atoms with Crippen LogP contribution < -0.4 is 0 Å². The fraction of sp³-hybridized carbons (Fsp3) is 0.652. The minimum atomic E-state index is -1.18. The van der Waals surface area contributed by atoms with Crippen LogP contribution in [0.1, 0.15) is 58.6 Å². The third-order valence-electron chi connectivity index (χ3n) is 6.34. The van der Waals surface area contributed by atoms with E-state index in [1.54, 1.807) is 25.1 Å². The van der Waals surface area contributed by atoms with Crippen molar-refractivity contribution in [1.29, 1.82) is 0 Å². The average molecular weight is 511 g/mol. The third-order valence-corrected chi connectivity index (χ3v) is 7.06. The molecule has 1 aromatic rings. The van der Waals surface area contributed by atoms with Gasteiger partial charge < -0.3 is 14.4 Å². The molecule has 0 saturated carbocycles. The van der Waals surface area contributed by atoms with Crippen molar-refractivity contribution in [2.24, 2.45) is 11.3 Å². The molecule has 9 heteroatoms. The molecule has 5 atom stereocenters. The summed E-state index contributed by atoms with van der Waals surface area (Å²) < 4.78 is 11.7. The van der Waals surface area contributed by atoms with Crippen LogP contribution in [0.25, 0.3) is 0 Å². The highest BCUT2D eigenvalue weighted by molar-refractivity contribution is 9.10. The first-order valence-corrected chi connectivity index (χ1v) is 11.9. The Morgan fingerprint density at radius 1 is 1.28 bits per heavy atom. The van der Waals surface area contributed by atoms with Crippen molar-refractivity contribution in [2.45, 2.75) is 71.2 Å². The number of esters is 1. The molecule has 1 aromatic carbocycles. The number of hydrogen-bond acceptors (Lipinski definition) is 6. The number of hydrogen-bond donors (Lipinski definition) is 0. The number of likely N-dealkylation sites (tertiary alicyclic amines) is 1. The van der Waals surface area contributed by atoms with Gasteiger partial charge in [-0.25, -0.2) is 4.79 Å². The van der Waals surface area contributed by atoms with Crippen LogP contribution in [0, 0.1) is 21.4 Å². The predicted octanol–water partition coefficient (Wildman–Crippen LogP) is 4.14. The van der Waals surface area contributed by atoms with E-state index in [-0.39, 0.29) is 17.4 Å². The van der Waals surface area contributed by atoms with Crippen molar-refractivity contribution in [3.63, 3.8) is 0 Å². The normalized spacial score (nSPS) is 28.4. The molecule has 0 unspecified atom stereocenters. The van der Waals surface area contributed by atoms with E-state index < -0.39 is 41.5 Å². The smallest absolute Gasteiger partial charge is 0.329 e. The molecule has 0 aromatic heterocycles. The van der Waals surface area contributed by atoms with Gasteiger partial charge in [0.2, 0.25) is 6.04 Å². The van der Waals surface area contributed by atoms with Gasteiger partial charge >= 0.3 is 5.97 Å². The van der Waals surface area contributed by atoms with Gasteiger partial charge in [0.1, 0.15) is 18.2 Å². The van der Waals surface area contributed by atoms with Gasteiger partial charge in [0.15, 0.2) is 0 Å². The number of rotatable bonds is 5. The van der Waals surface area contributed by atoms with Crippen LogP contribution in [0.4, 0.5) is 0 Å². The zero-order valence-electron chi connectivity index (χ0n) is 19.0. The summed E-state index contributed by atoms with van der Waals surface area (Å²) in [6, 6.07) is 3.94. The van der Waals surface area contributed by atoms with Gasteiger partial charge in [-0.1, -0.05) is 54.9 Å². The highest BCUT2D eigenvalue weighted by Gasteiger charge is 2.64. The standard InChI is InChI=1S/C23H31BrN2O6/c1-5-31-22(28)20-17(23(2,3)4)19(26(29)30)18(14-10-6-7-11-15(14)24)25(20)21(27)16-12-8-9-13-32-16/h6-7,10-11,16-20H,5,8-9,12-13H2,1-4H3/t16-,17-,18-,19-,20-/m0/s1. The van der Waals surface area contributed by atoms with Crippen LogP contribution in [0.5, 0.6) is 0 Å². The van der Waals surface area contributed by atoms with Gasteiger partial charge in [-0.2, -0.15) is 0 Å². The molecule has 2 aliphatic heterocycles. The van der Waals surface area contributed by atoms with E-state index in [0.29, 0.717) is 23.1 Å². The Kier molecular flexibility index (Phi) is 7.60. The van der Waals surface area contributed by atoms with Crippen LogP contribution in [-0.4, -0.2) is 53.1 Å². The Balaban J connectivity index is 2.23. The number of carbonyl (C=O) groups is 2. The minimum absolute atomic E-state index is 0.122. The second-order valence-electron chi connectivity index (χ2n) is 9.43. The van der Waals surface area contributed by atoms with E-state index >= 15 is 0 Å². The monoisotopic (exact) mass is 510 g/mol. The highest BCUT2D eigenvalue weighted by Crippen LogP contribution is 2.51. The fourth-order valence-corrected chi connectivity index (χ4v) is 5.56. The van der Waals surface area contributed by atoms with Crippen molar-refractivity contribution in [1.82, 2.24) is 4.90 Å². The van der Waals surface area contributed by atoms with Crippen molar-refractivity contribution in [3.8, 4) is 0 Å². The first-order valence-electron chi connectivity index (χ1n) is 11.1. The second-order valence-corrected chi connectivity index (χ2v) is 10.3. The maximum absolute atomic E-state index is 13.8. The van der Waals surface area contributed by atoms with Crippen LogP contribution in [-0.2, 0) is 19.1 Å². The van der Waals surface area contributed by atoms with E-state index in [1.165, 1.54) is 4.90 Å². The van der Waals surface area contributed by atoms with Crippen molar-refractivity contribution in [2.75, 3.05) is 13.2 Å². The summed E-state index contributed by atoms with van der Waals surface area (Å²) in [5.74, 6) is -1.75. The summed E-state index contributed by atoms with van der Waals surface area (Å²) in [7, 11) is 0. The molecule has 2 fully saturated rings. The van der Waals surface area contributed by atoms with E-state index in [9.17, 15) is 19.7 Å². The average Bonchev–Trinajstić information content (AvgIpc) is 3.11. The molecule has 176 valence electrons. The first kappa shape index (κ1) is 24.6. The van der Waals surface area contributed by atoms with Crippen LogP contribution >= 0.6 is 15.9 Å². The lowest BCUT2D eigenvalue weighted by Crippen LogP contribution is -2.51. The van der Waals surface area contributed by atoms with E-state index in [1.807, 2.05) is 26.8 Å². The lowest BCUT2D eigenvalue weighted by Gasteiger charge is -2.35. The van der Waals surface area contributed by atoms with Crippen molar-refractivity contribution in [3.05, 3.63) is 44.4 Å². The maximum atomic E-state index is 13.8. The topological polar surface area (TPSA) is 99.0 Å². The Labute approximate surface area is 196 Å². The summed E-state index contributed by atoms with van der Waals surface area (Å²) in [4.78, 5) is 40.6.